The Labute approximate surface area is 124 Å². The molecule has 0 aliphatic rings. The van der Waals surface area contributed by atoms with Gasteiger partial charge in [-0.1, -0.05) is 0 Å². The average molecular weight is 329 g/mol. The van der Waals surface area contributed by atoms with Crippen molar-refractivity contribution in [1.82, 2.24) is 0 Å². The molecule has 0 amide bonds. The zero-order valence-corrected chi connectivity index (χ0v) is 14.2. The summed E-state index contributed by atoms with van der Waals surface area (Å²) in [6.07, 6.45) is 4.60. The number of ether oxygens (including phenoxy) is 2. The molecular weight excluding hydrogens is 303 g/mol. The van der Waals surface area contributed by atoms with Gasteiger partial charge in [-0.3, -0.25) is 0 Å². The normalized spacial score (nSPS) is 14.6. The van der Waals surface area contributed by atoms with Gasteiger partial charge in [-0.05, 0) is 0 Å². The predicted molar refractivity (Wildman–Crippen MR) is 82.1 cm³/mol. The van der Waals surface area contributed by atoms with Crippen molar-refractivity contribution in [1.29, 1.82) is 0 Å². The van der Waals surface area contributed by atoms with Crippen LogP contribution in [0.25, 0.3) is 0 Å². The van der Waals surface area contributed by atoms with E-state index in [2.05, 4.69) is 44.2 Å². The maximum absolute atomic E-state index is 5.62. The zero-order chi connectivity index (χ0) is 14.1. The summed E-state index contributed by atoms with van der Waals surface area (Å²) in [6.45, 7) is 4.50. The first-order valence-corrected chi connectivity index (χ1v) is 8.73. The fraction of sp³-hybridized carbons (Fsp3) is 0.625. The first-order chi connectivity index (χ1) is 9.22. The van der Waals surface area contributed by atoms with Crippen LogP contribution < -0.4 is 4.46 Å². The Morgan fingerprint density at radius 1 is 1.11 bits per heavy atom. The summed E-state index contributed by atoms with van der Waals surface area (Å²) in [7, 11) is 3.51. The van der Waals surface area contributed by atoms with Crippen molar-refractivity contribution in [3.05, 3.63) is 30.3 Å². The number of hydrogen-bond donors (Lipinski definition) is 0. The van der Waals surface area contributed by atoms with E-state index in [0.717, 1.165) is 6.42 Å². The van der Waals surface area contributed by atoms with Crippen molar-refractivity contribution in [2.24, 2.45) is 0 Å². The average Bonchev–Trinajstić information content (AvgIpc) is 2.46. The standard InChI is InChI=1S/C16H26O2Se/c1-5-7-13-16(6-2,15(17-3)18-4)19-14-11-9-8-10-12-14/h8-12,15H,5-7,13H2,1-4H3. The van der Waals surface area contributed by atoms with Crippen molar-refractivity contribution in [3.63, 3.8) is 0 Å². The van der Waals surface area contributed by atoms with E-state index in [0.29, 0.717) is 15.0 Å². The third-order valence-corrected chi connectivity index (χ3v) is 6.83. The molecule has 0 spiro atoms. The SMILES string of the molecule is CCCCC(CC)([Se]c1ccccc1)C(OC)OC. The number of benzene rings is 1. The third kappa shape index (κ3) is 4.61. The van der Waals surface area contributed by atoms with Crippen LogP contribution in [-0.4, -0.2) is 35.5 Å². The van der Waals surface area contributed by atoms with Gasteiger partial charge in [0.05, 0.1) is 0 Å². The van der Waals surface area contributed by atoms with Crippen LogP contribution in [0.1, 0.15) is 39.5 Å². The first-order valence-electron chi connectivity index (χ1n) is 7.02. The maximum atomic E-state index is 5.62. The van der Waals surface area contributed by atoms with E-state index in [1.54, 1.807) is 14.2 Å². The van der Waals surface area contributed by atoms with Crippen LogP contribution in [0.15, 0.2) is 30.3 Å². The molecule has 1 aromatic rings. The molecule has 3 heteroatoms. The number of hydrogen-bond acceptors (Lipinski definition) is 2. The fourth-order valence-electron chi connectivity index (χ4n) is 2.36. The summed E-state index contributed by atoms with van der Waals surface area (Å²) in [5, 5.41) is 0. The van der Waals surface area contributed by atoms with Gasteiger partial charge in [0.2, 0.25) is 0 Å². The predicted octanol–water partition coefficient (Wildman–Crippen LogP) is 3.39. The summed E-state index contributed by atoms with van der Waals surface area (Å²) < 4.78 is 12.8. The van der Waals surface area contributed by atoms with Crippen molar-refractivity contribution >= 4 is 19.4 Å². The Morgan fingerprint density at radius 3 is 2.21 bits per heavy atom. The van der Waals surface area contributed by atoms with Gasteiger partial charge in [0.25, 0.3) is 0 Å². The Morgan fingerprint density at radius 2 is 1.74 bits per heavy atom. The molecule has 0 radical (unpaired) electrons. The number of unbranched alkanes of at least 4 members (excludes halogenated alkanes) is 1. The molecule has 0 aliphatic heterocycles. The van der Waals surface area contributed by atoms with Crippen LogP contribution in [0.2, 0.25) is 4.31 Å². The van der Waals surface area contributed by atoms with E-state index in [4.69, 9.17) is 9.47 Å². The van der Waals surface area contributed by atoms with Crippen molar-refractivity contribution in [2.45, 2.75) is 50.1 Å². The van der Waals surface area contributed by atoms with Gasteiger partial charge in [-0.2, -0.15) is 0 Å². The van der Waals surface area contributed by atoms with Crippen LogP contribution in [0, 0.1) is 0 Å². The van der Waals surface area contributed by atoms with Crippen LogP contribution in [-0.2, 0) is 9.47 Å². The van der Waals surface area contributed by atoms with Gasteiger partial charge in [-0.15, -0.1) is 0 Å². The van der Waals surface area contributed by atoms with Gasteiger partial charge < -0.3 is 0 Å². The first kappa shape index (κ1) is 16.7. The number of rotatable bonds is 9. The molecule has 1 aromatic carbocycles. The van der Waals surface area contributed by atoms with E-state index >= 15 is 0 Å². The molecule has 0 fully saturated rings. The van der Waals surface area contributed by atoms with Crippen LogP contribution in [0.3, 0.4) is 0 Å². The summed E-state index contributed by atoms with van der Waals surface area (Å²) in [5.41, 5.74) is 0. The molecule has 19 heavy (non-hydrogen) atoms. The Kier molecular flexibility index (Phi) is 7.70. The quantitative estimate of drug-likeness (QED) is 0.511. The minimum atomic E-state index is -0.107. The summed E-state index contributed by atoms with van der Waals surface area (Å²) >= 11 is 0.356. The second-order valence-corrected chi connectivity index (χ2v) is 7.86. The van der Waals surface area contributed by atoms with Gasteiger partial charge in [0, 0.05) is 0 Å². The van der Waals surface area contributed by atoms with Gasteiger partial charge >= 0.3 is 124 Å². The molecule has 1 atom stereocenters. The molecule has 0 aliphatic carbocycles. The zero-order valence-electron chi connectivity index (χ0n) is 12.5. The van der Waals surface area contributed by atoms with Gasteiger partial charge in [0.1, 0.15) is 0 Å². The molecule has 1 unspecified atom stereocenters. The van der Waals surface area contributed by atoms with E-state index in [1.165, 1.54) is 23.7 Å². The Balaban J connectivity index is 2.94. The summed E-state index contributed by atoms with van der Waals surface area (Å²) in [6, 6.07) is 10.7. The van der Waals surface area contributed by atoms with E-state index in [1.807, 2.05) is 0 Å². The molecule has 0 saturated carbocycles. The monoisotopic (exact) mass is 330 g/mol. The molecular formula is C16H26O2Se. The molecule has 1 rings (SSSR count). The van der Waals surface area contributed by atoms with E-state index in [9.17, 15) is 0 Å². The molecule has 0 bridgehead atoms. The minimum absolute atomic E-state index is 0.107. The second kappa shape index (κ2) is 8.76. The van der Waals surface area contributed by atoms with Crippen LogP contribution in [0.5, 0.6) is 0 Å². The molecule has 0 aromatic heterocycles. The van der Waals surface area contributed by atoms with E-state index < -0.39 is 0 Å². The Bertz CT molecular complexity index is 338. The van der Waals surface area contributed by atoms with Gasteiger partial charge in [0.15, 0.2) is 0 Å². The molecule has 2 nitrogen and oxygen atoms in total. The second-order valence-electron chi connectivity index (χ2n) is 4.74. The van der Waals surface area contributed by atoms with Crippen LogP contribution >= 0.6 is 0 Å². The van der Waals surface area contributed by atoms with Crippen LogP contribution in [0.4, 0.5) is 0 Å². The Hall–Kier alpha value is -0.341. The topological polar surface area (TPSA) is 18.5 Å². The molecule has 0 heterocycles. The van der Waals surface area contributed by atoms with Crippen molar-refractivity contribution in [3.8, 4) is 0 Å². The summed E-state index contributed by atoms with van der Waals surface area (Å²) in [4.78, 5) is 0. The van der Waals surface area contributed by atoms with Crippen molar-refractivity contribution < 1.29 is 9.47 Å². The van der Waals surface area contributed by atoms with Gasteiger partial charge in [-0.25, -0.2) is 0 Å². The fourth-order valence-corrected chi connectivity index (χ4v) is 5.38. The third-order valence-electron chi connectivity index (χ3n) is 3.47. The molecule has 0 N–H and O–H groups in total. The van der Waals surface area contributed by atoms with E-state index in [-0.39, 0.29) is 10.6 Å². The molecule has 108 valence electrons. The number of methoxy groups -OCH3 is 2. The van der Waals surface area contributed by atoms with Crippen molar-refractivity contribution in [2.75, 3.05) is 14.2 Å². The summed E-state index contributed by atoms with van der Waals surface area (Å²) in [5.74, 6) is 0. The molecule has 0 saturated heterocycles.